The van der Waals surface area contributed by atoms with Crippen LogP contribution in [0.3, 0.4) is 0 Å². The summed E-state index contributed by atoms with van der Waals surface area (Å²) in [4.78, 5) is 19.6. The Labute approximate surface area is 95.1 Å². The third kappa shape index (κ3) is 3.15. The second-order valence-corrected chi connectivity index (χ2v) is 4.63. The zero-order valence-electron chi connectivity index (χ0n) is 9.98. The number of aromatic nitrogens is 2. The lowest BCUT2D eigenvalue weighted by molar-refractivity contribution is -0.121. The Kier molecular flexibility index (Phi) is 3.42. The van der Waals surface area contributed by atoms with Crippen molar-refractivity contribution in [2.45, 2.75) is 27.7 Å². The molecule has 1 N–H and O–H groups in total. The summed E-state index contributed by atoms with van der Waals surface area (Å²) in [6.45, 7) is 7.11. The number of carbonyl (C=O) groups is 1. The first kappa shape index (κ1) is 12.4. The number of carbonyl (C=O) groups excluding carboxylic acids is 1. The van der Waals surface area contributed by atoms with Crippen LogP contribution in [0.2, 0.25) is 0 Å². The van der Waals surface area contributed by atoms with Gasteiger partial charge in [-0.3, -0.25) is 4.79 Å². The first-order chi connectivity index (χ1) is 7.30. The molecular weight excluding hydrogens is 204 g/mol. The van der Waals surface area contributed by atoms with E-state index in [1.807, 2.05) is 0 Å². The number of aliphatic hydroxyl groups excluding tert-OH is 1. The molecule has 0 amide bonds. The van der Waals surface area contributed by atoms with E-state index < -0.39 is 5.41 Å². The van der Waals surface area contributed by atoms with Gasteiger partial charge in [-0.2, -0.15) is 0 Å². The fraction of sp³-hybridized carbons (Fsp3) is 0.417. The van der Waals surface area contributed by atoms with Crippen LogP contribution in [0.1, 0.15) is 32.3 Å². The summed E-state index contributed by atoms with van der Waals surface area (Å²) in [5.74, 6) is 0.298. The van der Waals surface area contributed by atoms with Crippen LogP contribution in [0, 0.1) is 12.3 Å². The van der Waals surface area contributed by atoms with Gasteiger partial charge < -0.3 is 5.11 Å². The van der Waals surface area contributed by atoms with Crippen molar-refractivity contribution in [2.75, 3.05) is 0 Å². The maximum atomic E-state index is 11.7. The zero-order valence-corrected chi connectivity index (χ0v) is 9.98. The van der Waals surface area contributed by atoms with Gasteiger partial charge in [0.15, 0.2) is 5.78 Å². The number of aryl methyl sites for hydroxylation is 1. The predicted molar refractivity (Wildman–Crippen MR) is 61.8 cm³/mol. The van der Waals surface area contributed by atoms with Crippen molar-refractivity contribution in [1.29, 1.82) is 0 Å². The lowest BCUT2D eigenvalue weighted by Crippen LogP contribution is -2.18. The van der Waals surface area contributed by atoms with Crippen LogP contribution in [0.15, 0.2) is 18.3 Å². The Hall–Kier alpha value is -1.71. The Bertz CT molecular complexity index is 431. The summed E-state index contributed by atoms with van der Waals surface area (Å²) in [6, 6.07) is 1.56. The van der Waals surface area contributed by atoms with Gasteiger partial charge in [0.1, 0.15) is 17.3 Å². The highest BCUT2D eigenvalue weighted by Gasteiger charge is 2.20. The van der Waals surface area contributed by atoms with E-state index in [9.17, 15) is 9.90 Å². The van der Waals surface area contributed by atoms with Crippen LogP contribution in [0.5, 0.6) is 0 Å². The molecule has 0 saturated carbocycles. The highest BCUT2D eigenvalue weighted by Crippen LogP contribution is 2.18. The van der Waals surface area contributed by atoms with Gasteiger partial charge in [-0.25, -0.2) is 9.97 Å². The Balaban J connectivity index is 2.99. The van der Waals surface area contributed by atoms with E-state index in [0.29, 0.717) is 11.5 Å². The SMILES string of the molecule is Cc1nccc(C(O)=CC(=O)C(C)(C)C)n1. The number of rotatable bonds is 2. The van der Waals surface area contributed by atoms with Crippen molar-refractivity contribution >= 4 is 11.5 Å². The third-order valence-electron chi connectivity index (χ3n) is 2.05. The number of hydrogen-bond donors (Lipinski definition) is 1. The van der Waals surface area contributed by atoms with E-state index in [0.717, 1.165) is 0 Å². The smallest absolute Gasteiger partial charge is 0.164 e. The second kappa shape index (κ2) is 4.43. The summed E-state index contributed by atoms with van der Waals surface area (Å²) in [7, 11) is 0. The van der Waals surface area contributed by atoms with E-state index in [2.05, 4.69) is 9.97 Å². The molecule has 4 nitrogen and oxygen atoms in total. The largest absolute Gasteiger partial charge is 0.506 e. The van der Waals surface area contributed by atoms with Gasteiger partial charge in [0.05, 0.1) is 0 Å². The molecule has 0 spiro atoms. The fourth-order valence-electron chi connectivity index (χ4n) is 1.01. The number of ketones is 1. The molecule has 0 atom stereocenters. The monoisotopic (exact) mass is 220 g/mol. The van der Waals surface area contributed by atoms with Gasteiger partial charge in [0.2, 0.25) is 0 Å². The van der Waals surface area contributed by atoms with Gasteiger partial charge in [0.25, 0.3) is 0 Å². The third-order valence-corrected chi connectivity index (χ3v) is 2.05. The Morgan fingerprint density at radius 2 is 2.06 bits per heavy atom. The van der Waals surface area contributed by atoms with Crippen molar-refractivity contribution in [3.05, 3.63) is 29.9 Å². The molecule has 0 aliphatic rings. The molecular formula is C12H16N2O2. The minimum absolute atomic E-state index is 0.120. The van der Waals surface area contributed by atoms with E-state index in [4.69, 9.17) is 0 Å². The molecule has 0 aliphatic carbocycles. The molecule has 4 heteroatoms. The highest BCUT2D eigenvalue weighted by atomic mass is 16.3. The van der Waals surface area contributed by atoms with Crippen molar-refractivity contribution in [3.63, 3.8) is 0 Å². The number of aliphatic hydroxyl groups is 1. The summed E-state index contributed by atoms with van der Waals surface area (Å²) in [5.41, 5.74) is -0.138. The Morgan fingerprint density at radius 1 is 1.44 bits per heavy atom. The number of hydrogen-bond acceptors (Lipinski definition) is 4. The predicted octanol–water partition coefficient (Wildman–Crippen LogP) is 2.30. The average molecular weight is 220 g/mol. The highest BCUT2D eigenvalue weighted by molar-refractivity contribution is 5.98. The van der Waals surface area contributed by atoms with Crippen LogP contribution in [-0.2, 0) is 4.79 Å². The fourth-order valence-corrected chi connectivity index (χ4v) is 1.01. The first-order valence-electron chi connectivity index (χ1n) is 5.06. The van der Waals surface area contributed by atoms with Crippen LogP contribution in [0.4, 0.5) is 0 Å². The standard InChI is InChI=1S/C12H16N2O2/c1-8-13-6-5-9(14-8)10(15)7-11(16)12(2,3)4/h5-7,15H,1-4H3. The van der Waals surface area contributed by atoms with E-state index in [1.54, 1.807) is 40.0 Å². The molecule has 0 saturated heterocycles. The zero-order chi connectivity index (χ0) is 12.3. The number of nitrogens with zero attached hydrogens (tertiary/aromatic N) is 2. The normalized spacial score (nSPS) is 12.6. The van der Waals surface area contributed by atoms with E-state index in [-0.39, 0.29) is 11.5 Å². The maximum Gasteiger partial charge on any atom is 0.164 e. The van der Waals surface area contributed by atoms with E-state index in [1.165, 1.54) is 6.08 Å². The minimum atomic E-state index is -0.504. The van der Waals surface area contributed by atoms with Gasteiger partial charge in [-0.1, -0.05) is 20.8 Å². The van der Waals surface area contributed by atoms with Crippen molar-refractivity contribution in [3.8, 4) is 0 Å². The summed E-state index contributed by atoms with van der Waals surface area (Å²) >= 11 is 0. The number of allylic oxidation sites excluding steroid dienone is 1. The molecule has 16 heavy (non-hydrogen) atoms. The van der Waals surface area contributed by atoms with Gasteiger partial charge in [-0.15, -0.1) is 0 Å². The lowest BCUT2D eigenvalue weighted by Gasteiger charge is -2.13. The molecule has 0 aliphatic heterocycles. The van der Waals surface area contributed by atoms with E-state index >= 15 is 0 Å². The van der Waals surface area contributed by atoms with Gasteiger partial charge in [-0.05, 0) is 13.0 Å². The first-order valence-corrected chi connectivity index (χ1v) is 5.06. The second-order valence-electron chi connectivity index (χ2n) is 4.63. The van der Waals surface area contributed by atoms with Crippen LogP contribution in [-0.4, -0.2) is 20.9 Å². The molecule has 0 radical (unpaired) electrons. The maximum absolute atomic E-state index is 11.7. The van der Waals surface area contributed by atoms with Gasteiger partial charge in [0, 0.05) is 17.7 Å². The quantitative estimate of drug-likeness (QED) is 0.613. The minimum Gasteiger partial charge on any atom is -0.506 e. The van der Waals surface area contributed by atoms with Crippen LogP contribution >= 0.6 is 0 Å². The molecule has 1 aromatic heterocycles. The molecule has 86 valence electrons. The summed E-state index contributed by atoms with van der Waals surface area (Å²) < 4.78 is 0. The molecule has 1 heterocycles. The van der Waals surface area contributed by atoms with Crippen molar-refractivity contribution < 1.29 is 9.90 Å². The molecule has 0 aromatic carbocycles. The average Bonchev–Trinajstić information content (AvgIpc) is 2.16. The lowest BCUT2D eigenvalue weighted by atomic mass is 9.90. The molecule has 0 fully saturated rings. The Morgan fingerprint density at radius 3 is 2.56 bits per heavy atom. The summed E-state index contributed by atoms with van der Waals surface area (Å²) in [6.07, 6.45) is 2.76. The molecule has 0 unspecified atom stereocenters. The topological polar surface area (TPSA) is 63.1 Å². The molecule has 1 aromatic rings. The van der Waals surface area contributed by atoms with Crippen molar-refractivity contribution in [2.24, 2.45) is 5.41 Å². The van der Waals surface area contributed by atoms with Crippen LogP contribution < -0.4 is 0 Å². The van der Waals surface area contributed by atoms with Crippen LogP contribution in [0.25, 0.3) is 5.76 Å². The molecule has 0 bridgehead atoms. The summed E-state index contributed by atoms with van der Waals surface area (Å²) in [5, 5.41) is 9.73. The molecule has 1 rings (SSSR count). The van der Waals surface area contributed by atoms with Crippen molar-refractivity contribution in [1.82, 2.24) is 9.97 Å². The van der Waals surface area contributed by atoms with Gasteiger partial charge >= 0.3 is 0 Å².